The summed E-state index contributed by atoms with van der Waals surface area (Å²) in [5, 5.41) is 0. The summed E-state index contributed by atoms with van der Waals surface area (Å²) >= 11 is 0. The largest absolute Gasteiger partial charge is 0.268 e. The minimum Gasteiger partial charge on any atom is -0.268 e. The molecule has 1 atom stereocenters. The molecule has 1 aliphatic rings. The normalized spacial score (nSPS) is 26.4. The van der Waals surface area contributed by atoms with Crippen LogP contribution in [-0.2, 0) is 0 Å². The highest BCUT2D eigenvalue weighted by Crippen LogP contribution is 2.14. The van der Waals surface area contributed by atoms with Crippen LogP contribution in [0.3, 0.4) is 0 Å². The minimum atomic E-state index is 0.506. The number of aliphatic imine (C=N–C) groups is 1. The van der Waals surface area contributed by atoms with Gasteiger partial charge >= 0.3 is 0 Å². The molecule has 1 heterocycles. The quantitative estimate of drug-likeness (QED) is 0.572. The summed E-state index contributed by atoms with van der Waals surface area (Å²) in [7, 11) is 0. The van der Waals surface area contributed by atoms with Gasteiger partial charge in [-0.05, 0) is 18.1 Å². The Hall–Kier alpha value is -0.850. The van der Waals surface area contributed by atoms with Gasteiger partial charge in [-0.2, -0.15) is 0 Å². The van der Waals surface area contributed by atoms with Crippen molar-refractivity contribution in [3.05, 3.63) is 23.9 Å². The Kier molecular flexibility index (Phi) is 3.09. The fourth-order valence-electron chi connectivity index (χ4n) is 1.11. The van der Waals surface area contributed by atoms with E-state index >= 15 is 0 Å². The van der Waals surface area contributed by atoms with Gasteiger partial charge in [0.1, 0.15) is 0 Å². The zero-order chi connectivity index (χ0) is 8.10. The van der Waals surface area contributed by atoms with E-state index in [-0.39, 0.29) is 0 Å². The molecule has 0 fully saturated rings. The summed E-state index contributed by atoms with van der Waals surface area (Å²) in [5.41, 5.74) is 1.40. The monoisotopic (exact) mass is 149 g/mol. The maximum absolute atomic E-state index is 4.07. The van der Waals surface area contributed by atoms with Gasteiger partial charge in [-0.15, -0.1) is 0 Å². The molecule has 0 aromatic rings. The van der Waals surface area contributed by atoms with Gasteiger partial charge in [0.25, 0.3) is 0 Å². The molecule has 1 nitrogen and oxygen atoms in total. The van der Waals surface area contributed by atoms with Crippen molar-refractivity contribution in [3.63, 3.8) is 0 Å². The molecule has 1 heteroatoms. The second kappa shape index (κ2) is 4.12. The van der Waals surface area contributed by atoms with E-state index in [4.69, 9.17) is 0 Å². The van der Waals surface area contributed by atoms with Crippen LogP contribution in [0.2, 0.25) is 0 Å². The molecule has 1 aliphatic heterocycles. The van der Waals surface area contributed by atoms with Crippen molar-refractivity contribution in [2.24, 2.45) is 10.9 Å². The average Bonchev–Trinajstić information content (AvgIpc) is 2.03. The van der Waals surface area contributed by atoms with E-state index in [1.165, 1.54) is 18.4 Å². The second-order valence-corrected chi connectivity index (χ2v) is 2.90. The van der Waals surface area contributed by atoms with Crippen LogP contribution in [-0.4, -0.2) is 6.21 Å². The number of allylic oxidation sites excluding steroid dienone is 3. The number of unbranched alkanes of at least 4 members (excludes halogenated alkanes) is 1. The lowest BCUT2D eigenvalue weighted by molar-refractivity contribution is 0.900. The maximum atomic E-state index is 4.07. The van der Waals surface area contributed by atoms with Crippen molar-refractivity contribution in [1.29, 1.82) is 0 Å². The lowest BCUT2D eigenvalue weighted by atomic mass is 9.99. The van der Waals surface area contributed by atoms with E-state index in [1.807, 2.05) is 12.4 Å². The Morgan fingerprint density at radius 1 is 1.64 bits per heavy atom. The molecule has 0 aliphatic carbocycles. The van der Waals surface area contributed by atoms with E-state index < -0.39 is 0 Å². The lowest BCUT2D eigenvalue weighted by Crippen LogP contribution is -2.01. The Morgan fingerprint density at radius 2 is 2.45 bits per heavy atom. The molecule has 60 valence electrons. The van der Waals surface area contributed by atoms with Gasteiger partial charge in [0.05, 0.1) is 0 Å². The Balaban J connectivity index is 2.57. The zero-order valence-corrected chi connectivity index (χ0v) is 7.25. The van der Waals surface area contributed by atoms with E-state index in [1.54, 1.807) is 0 Å². The molecule has 0 aromatic heterocycles. The van der Waals surface area contributed by atoms with Crippen LogP contribution in [0.4, 0.5) is 0 Å². The van der Waals surface area contributed by atoms with E-state index in [0.29, 0.717) is 5.92 Å². The van der Waals surface area contributed by atoms with Crippen LogP contribution in [0.5, 0.6) is 0 Å². The van der Waals surface area contributed by atoms with Gasteiger partial charge in [0, 0.05) is 18.3 Å². The highest BCUT2D eigenvalue weighted by molar-refractivity contribution is 5.68. The minimum absolute atomic E-state index is 0.506. The molecule has 0 bridgehead atoms. The van der Waals surface area contributed by atoms with Crippen LogP contribution < -0.4 is 0 Å². The fourth-order valence-corrected chi connectivity index (χ4v) is 1.11. The summed E-state index contributed by atoms with van der Waals surface area (Å²) in [6.45, 7) is 4.37. The zero-order valence-electron chi connectivity index (χ0n) is 7.25. The molecule has 0 saturated carbocycles. The highest BCUT2D eigenvalue weighted by Gasteiger charge is 2.04. The summed E-state index contributed by atoms with van der Waals surface area (Å²) in [6, 6.07) is 0. The van der Waals surface area contributed by atoms with Gasteiger partial charge in [-0.1, -0.05) is 26.3 Å². The summed E-state index contributed by atoms with van der Waals surface area (Å²) < 4.78 is 0. The third-order valence-electron chi connectivity index (χ3n) is 1.86. The molecule has 0 amide bonds. The summed E-state index contributed by atoms with van der Waals surface area (Å²) in [5.74, 6) is 0.506. The van der Waals surface area contributed by atoms with Crippen LogP contribution in [0.1, 0.15) is 26.7 Å². The van der Waals surface area contributed by atoms with Crippen molar-refractivity contribution in [2.75, 3.05) is 0 Å². The van der Waals surface area contributed by atoms with Crippen molar-refractivity contribution in [1.82, 2.24) is 0 Å². The van der Waals surface area contributed by atoms with Crippen molar-refractivity contribution >= 4 is 6.21 Å². The predicted molar refractivity (Wildman–Crippen MR) is 49.8 cm³/mol. The summed E-state index contributed by atoms with van der Waals surface area (Å²) in [4.78, 5) is 4.07. The topological polar surface area (TPSA) is 12.4 Å². The lowest BCUT2D eigenvalue weighted by Gasteiger charge is -2.09. The Morgan fingerprint density at radius 3 is 3.09 bits per heavy atom. The summed E-state index contributed by atoms with van der Waals surface area (Å²) in [6.07, 6.45) is 10.6. The first-order chi connectivity index (χ1) is 5.34. The van der Waals surface area contributed by atoms with Gasteiger partial charge < -0.3 is 0 Å². The SMILES string of the molecule is CCC/C=C1/C=CN=CC1C. The molecule has 1 unspecified atom stereocenters. The van der Waals surface area contributed by atoms with Crippen LogP contribution >= 0.6 is 0 Å². The van der Waals surface area contributed by atoms with Gasteiger partial charge in [-0.25, -0.2) is 0 Å². The number of hydrogen-bond acceptors (Lipinski definition) is 1. The molecule has 0 N–H and O–H groups in total. The van der Waals surface area contributed by atoms with Crippen molar-refractivity contribution < 1.29 is 0 Å². The molecule has 0 saturated heterocycles. The predicted octanol–water partition coefficient (Wildman–Crippen LogP) is 2.95. The molecule has 11 heavy (non-hydrogen) atoms. The number of hydrogen-bond donors (Lipinski definition) is 0. The Labute approximate surface area is 68.5 Å². The van der Waals surface area contributed by atoms with Gasteiger partial charge in [0.2, 0.25) is 0 Å². The molecular weight excluding hydrogens is 134 g/mol. The van der Waals surface area contributed by atoms with Gasteiger partial charge in [0.15, 0.2) is 0 Å². The number of nitrogens with zero attached hydrogens (tertiary/aromatic N) is 1. The first-order valence-electron chi connectivity index (χ1n) is 4.24. The van der Waals surface area contributed by atoms with Crippen LogP contribution in [0, 0.1) is 5.92 Å². The van der Waals surface area contributed by atoms with Crippen LogP contribution in [0.25, 0.3) is 0 Å². The average molecular weight is 149 g/mol. The molecule has 0 spiro atoms. The first-order valence-corrected chi connectivity index (χ1v) is 4.24. The van der Waals surface area contributed by atoms with E-state index in [2.05, 4.69) is 31.0 Å². The van der Waals surface area contributed by atoms with Gasteiger partial charge in [-0.3, -0.25) is 4.99 Å². The maximum Gasteiger partial charge on any atom is 0.0266 e. The molecule has 0 radical (unpaired) electrons. The first kappa shape index (κ1) is 8.25. The molecule has 0 aromatic carbocycles. The molecular formula is C10H15N. The molecule has 1 rings (SSSR count). The third kappa shape index (κ3) is 2.34. The standard InChI is InChI=1S/C10H15N/c1-3-4-5-10-6-7-11-8-9(10)2/h5-9H,3-4H2,1-2H3/b10-5-. The fraction of sp³-hybridized carbons (Fsp3) is 0.500. The van der Waals surface area contributed by atoms with Crippen molar-refractivity contribution in [2.45, 2.75) is 26.7 Å². The van der Waals surface area contributed by atoms with Crippen LogP contribution in [0.15, 0.2) is 28.9 Å². The third-order valence-corrected chi connectivity index (χ3v) is 1.86. The second-order valence-electron chi connectivity index (χ2n) is 2.90. The highest BCUT2D eigenvalue weighted by atomic mass is 14.7. The smallest absolute Gasteiger partial charge is 0.0266 e. The number of rotatable bonds is 2. The van der Waals surface area contributed by atoms with E-state index in [9.17, 15) is 0 Å². The van der Waals surface area contributed by atoms with Crippen molar-refractivity contribution in [3.8, 4) is 0 Å². The van der Waals surface area contributed by atoms with E-state index in [0.717, 1.165) is 0 Å². The Bertz CT molecular complexity index is 199.